The van der Waals surface area contributed by atoms with Crippen molar-refractivity contribution in [3.05, 3.63) is 51.0 Å². The highest BCUT2D eigenvalue weighted by Gasteiger charge is 2.33. The second-order valence-electron chi connectivity index (χ2n) is 10.7. The van der Waals surface area contributed by atoms with E-state index in [4.69, 9.17) is 16.3 Å². The van der Waals surface area contributed by atoms with Crippen LogP contribution in [-0.2, 0) is 4.74 Å². The third-order valence-corrected chi connectivity index (χ3v) is 6.42. The molecule has 1 amide bonds. The van der Waals surface area contributed by atoms with Crippen LogP contribution in [0.15, 0.2) is 23.1 Å². The van der Waals surface area contributed by atoms with Gasteiger partial charge in [0.1, 0.15) is 22.4 Å². The molecular weight excluding hydrogens is 499 g/mol. The third-order valence-electron chi connectivity index (χ3n) is 6.23. The average molecular weight is 531 g/mol. The van der Waals surface area contributed by atoms with Crippen LogP contribution in [0.1, 0.15) is 58.7 Å². The van der Waals surface area contributed by atoms with E-state index in [0.29, 0.717) is 31.0 Å². The quantitative estimate of drug-likeness (QED) is 0.447. The number of carbonyl (C=O) groups excluding carboxylic acids is 1. The lowest BCUT2D eigenvalue weighted by atomic mass is 10.0. The summed E-state index contributed by atoms with van der Waals surface area (Å²) in [6, 6.07) is 2.63. The Balaban J connectivity index is 1.86. The van der Waals surface area contributed by atoms with Gasteiger partial charge in [-0.1, -0.05) is 25.4 Å². The lowest BCUT2D eigenvalue weighted by molar-refractivity contribution is 0.0218. The van der Waals surface area contributed by atoms with E-state index < -0.39 is 23.2 Å². The number of anilines is 1. The minimum absolute atomic E-state index is 0.0125. The molecule has 1 aliphatic rings. The number of halogens is 2. The zero-order valence-electron chi connectivity index (χ0n) is 22.2. The molecule has 4 heterocycles. The van der Waals surface area contributed by atoms with Crippen molar-refractivity contribution in [2.45, 2.75) is 66.0 Å². The van der Waals surface area contributed by atoms with E-state index in [-0.39, 0.29) is 34.0 Å². The Morgan fingerprint density at radius 3 is 2.57 bits per heavy atom. The summed E-state index contributed by atoms with van der Waals surface area (Å²) >= 11 is 6.18. The van der Waals surface area contributed by atoms with Gasteiger partial charge < -0.3 is 14.5 Å². The molecule has 0 saturated carbocycles. The van der Waals surface area contributed by atoms with Gasteiger partial charge in [-0.3, -0.25) is 4.98 Å². The Kier molecular flexibility index (Phi) is 7.16. The summed E-state index contributed by atoms with van der Waals surface area (Å²) in [7, 11) is 0. The monoisotopic (exact) mass is 530 g/mol. The Morgan fingerprint density at radius 1 is 1.24 bits per heavy atom. The number of aromatic nitrogens is 4. The smallest absolute Gasteiger partial charge is 0.410 e. The van der Waals surface area contributed by atoms with Crippen molar-refractivity contribution in [1.29, 1.82) is 0 Å². The molecule has 0 aromatic carbocycles. The highest BCUT2D eigenvalue weighted by molar-refractivity contribution is 6.29. The molecular formula is C26H32ClFN6O3. The number of aryl methyl sites for hydroxylation is 1. The summed E-state index contributed by atoms with van der Waals surface area (Å²) in [5.41, 5.74) is 0.796. The van der Waals surface area contributed by atoms with Crippen LogP contribution in [0.25, 0.3) is 16.7 Å². The van der Waals surface area contributed by atoms with Gasteiger partial charge >= 0.3 is 11.8 Å². The fraction of sp³-hybridized carbons (Fsp3) is 0.500. The van der Waals surface area contributed by atoms with Crippen molar-refractivity contribution < 1.29 is 13.9 Å². The van der Waals surface area contributed by atoms with Crippen LogP contribution in [0.5, 0.6) is 0 Å². The van der Waals surface area contributed by atoms with E-state index >= 15 is 4.39 Å². The van der Waals surface area contributed by atoms with Crippen molar-refractivity contribution in [2.24, 2.45) is 0 Å². The number of rotatable bonds is 3. The molecule has 0 radical (unpaired) electrons. The molecule has 9 nitrogen and oxygen atoms in total. The maximum absolute atomic E-state index is 15.6. The first-order valence-corrected chi connectivity index (χ1v) is 12.7. The number of amides is 1. The third kappa shape index (κ3) is 5.25. The Morgan fingerprint density at radius 2 is 1.95 bits per heavy atom. The van der Waals surface area contributed by atoms with Gasteiger partial charge in [0.15, 0.2) is 5.65 Å². The summed E-state index contributed by atoms with van der Waals surface area (Å²) in [4.78, 5) is 42.9. The van der Waals surface area contributed by atoms with Crippen molar-refractivity contribution in [1.82, 2.24) is 24.4 Å². The molecule has 3 aromatic heterocycles. The van der Waals surface area contributed by atoms with Crippen LogP contribution < -0.4 is 10.6 Å². The summed E-state index contributed by atoms with van der Waals surface area (Å²) < 4.78 is 22.4. The second-order valence-corrected chi connectivity index (χ2v) is 11.1. The van der Waals surface area contributed by atoms with Gasteiger partial charge in [-0.05, 0) is 52.2 Å². The van der Waals surface area contributed by atoms with Crippen LogP contribution >= 0.6 is 11.6 Å². The van der Waals surface area contributed by atoms with E-state index in [1.165, 1.54) is 4.57 Å². The lowest BCUT2D eigenvalue weighted by Gasteiger charge is -2.41. The highest BCUT2D eigenvalue weighted by atomic mass is 35.5. The molecule has 0 bridgehead atoms. The molecule has 0 N–H and O–H groups in total. The van der Waals surface area contributed by atoms with Gasteiger partial charge in [0, 0.05) is 37.9 Å². The van der Waals surface area contributed by atoms with Crippen molar-refractivity contribution in [3.63, 3.8) is 0 Å². The molecule has 1 unspecified atom stereocenters. The molecule has 0 spiro atoms. The number of fused-ring (bicyclic) bond motifs is 1. The maximum atomic E-state index is 15.6. The molecule has 1 aliphatic heterocycles. The highest BCUT2D eigenvalue weighted by Crippen LogP contribution is 2.32. The van der Waals surface area contributed by atoms with E-state index in [0.717, 1.165) is 11.6 Å². The molecule has 4 rings (SSSR count). The summed E-state index contributed by atoms with van der Waals surface area (Å²) in [5, 5.41) is 0.00487. The standard InChI is InChI=1S/C26H32ClFN6O3/c1-14(2)20-21(15(3)8-9-29-20)34-23-19(17(28)12-18(27)30-23)22(31-24(34)35)33-11-10-32(13-16(33)4)25(36)37-26(5,6)7/h8-9,12,14,16H,10-11,13H2,1-7H3. The van der Waals surface area contributed by atoms with Gasteiger partial charge in [0.25, 0.3) is 0 Å². The molecule has 37 heavy (non-hydrogen) atoms. The molecule has 0 aliphatic carbocycles. The first-order chi connectivity index (χ1) is 17.3. The number of piperazine rings is 1. The Bertz CT molecular complexity index is 1420. The average Bonchev–Trinajstić information content (AvgIpc) is 2.77. The van der Waals surface area contributed by atoms with E-state index in [1.807, 2.05) is 53.4 Å². The summed E-state index contributed by atoms with van der Waals surface area (Å²) in [6.07, 6.45) is 1.26. The van der Waals surface area contributed by atoms with Crippen molar-refractivity contribution in [2.75, 3.05) is 24.5 Å². The predicted octanol–water partition coefficient (Wildman–Crippen LogP) is 4.85. The van der Waals surface area contributed by atoms with Crippen LogP contribution in [0.3, 0.4) is 0 Å². The zero-order chi connectivity index (χ0) is 27.2. The Hall–Kier alpha value is -3.27. The summed E-state index contributed by atoms with van der Waals surface area (Å²) in [5.74, 6) is -0.482. The number of nitrogens with zero attached hydrogens (tertiary/aromatic N) is 6. The molecule has 1 fully saturated rings. The largest absolute Gasteiger partial charge is 0.444 e. The van der Waals surface area contributed by atoms with Crippen LogP contribution in [0.2, 0.25) is 5.15 Å². The number of ether oxygens (including phenoxy) is 1. The molecule has 3 aromatic rings. The van der Waals surface area contributed by atoms with Crippen LogP contribution in [0, 0.1) is 12.7 Å². The van der Waals surface area contributed by atoms with Crippen LogP contribution in [0.4, 0.5) is 15.0 Å². The molecule has 11 heteroatoms. The van der Waals surface area contributed by atoms with Crippen molar-refractivity contribution >= 4 is 34.5 Å². The Labute approximate surface area is 220 Å². The van der Waals surface area contributed by atoms with Crippen LogP contribution in [-0.4, -0.2) is 61.8 Å². The van der Waals surface area contributed by atoms with Gasteiger partial charge in [-0.2, -0.15) is 4.98 Å². The summed E-state index contributed by atoms with van der Waals surface area (Å²) in [6.45, 7) is 14.1. The second kappa shape index (κ2) is 9.89. The number of hydrogen-bond donors (Lipinski definition) is 0. The first kappa shape index (κ1) is 26.8. The molecule has 1 saturated heterocycles. The normalized spacial score (nSPS) is 16.5. The SMILES string of the molecule is Cc1ccnc(C(C)C)c1-n1c(=O)nc(N2CCN(C(=O)OC(C)(C)C)CC2C)c2c(F)cc(Cl)nc21. The maximum Gasteiger partial charge on any atom is 0.410 e. The first-order valence-electron chi connectivity index (χ1n) is 12.3. The minimum atomic E-state index is -0.638. The van der Waals surface area contributed by atoms with Crippen molar-refractivity contribution in [3.8, 4) is 5.69 Å². The number of pyridine rings is 2. The molecule has 198 valence electrons. The van der Waals surface area contributed by atoms with Gasteiger partial charge in [0.2, 0.25) is 0 Å². The molecule has 1 atom stereocenters. The van der Waals surface area contributed by atoms with E-state index in [2.05, 4.69) is 15.0 Å². The predicted molar refractivity (Wildman–Crippen MR) is 141 cm³/mol. The van der Waals surface area contributed by atoms with Gasteiger partial charge in [-0.25, -0.2) is 23.5 Å². The fourth-order valence-electron chi connectivity index (χ4n) is 4.59. The number of hydrogen-bond acceptors (Lipinski definition) is 7. The van der Waals surface area contributed by atoms with E-state index in [9.17, 15) is 9.59 Å². The topological polar surface area (TPSA) is 93.5 Å². The number of carbonyl (C=O) groups is 1. The van der Waals surface area contributed by atoms with E-state index in [1.54, 1.807) is 17.2 Å². The minimum Gasteiger partial charge on any atom is -0.444 e. The van der Waals surface area contributed by atoms with Gasteiger partial charge in [0.05, 0.1) is 16.8 Å². The lowest BCUT2D eigenvalue weighted by Crippen LogP contribution is -2.55. The zero-order valence-corrected chi connectivity index (χ0v) is 22.9. The fourth-order valence-corrected chi connectivity index (χ4v) is 4.76. The van der Waals surface area contributed by atoms with Gasteiger partial charge in [-0.15, -0.1) is 0 Å².